The molecule has 110 valence electrons. The van der Waals surface area contributed by atoms with Crippen molar-refractivity contribution in [2.24, 2.45) is 0 Å². The lowest BCUT2D eigenvalue weighted by molar-refractivity contribution is 0.0601. The van der Waals surface area contributed by atoms with Crippen molar-refractivity contribution in [2.75, 3.05) is 12.4 Å². The van der Waals surface area contributed by atoms with Gasteiger partial charge in [-0.25, -0.2) is 9.18 Å². The van der Waals surface area contributed by atoms with Crippen molar-refractivity contribution in [1.29, 1.82) is 0 Å². The largest absolute Gasteiger partial charge is 0.465 e. The highest BCUT2D eigenvalue weighted by Gasteiger charge is 2.11. The van der Waals surface area contributed by atoms with E-state index in [0.717, 1.165) is 5.56 Å². The fourth-order valence-electron chi connectivity index (χ4n) is 1.94. The highest BCUT2D eigenvalue weighted by molar-refractivity contribution is 6.33. The SMILES string of the molecule is COC(=O)c1cc(NCc2cc(C)ccc2F)ccc1Cl. The molecule has 1 N–H and O–H groups in total. The second kappa shape index (κ2) is 6.59. The Kier molecular flexibility index (Phi) is 4.81. The first-order chi connectivity index (χ1) is 10.0. The summed E-state index contributed by atoms with van der Waals surface area (Å²) >= 11 is 5.94. The number of benzene rings is 2. The number of ether oxygens (including phenoxy) is 1. The maximum atomic E-state index is 13.7. The summed E-state index contributed by atoms with van der Waals surface area (Å²) in [5, 5.41) is 3.38. The third kappa shape index (κ3) is 3.73. The maximum absolute atomic E-state index is 13.7. The zero-order valence-corrected chi connectivity index (χ0v) is 12.5. The molecule has 5 heteroatoms. The summed E-state index contributed by atoms with van der Waals surface area (Å²) in [5.41, 5.74) is 2.48. The number of hydrogen-bond acceptors (Lipinski definition) is 3. The molecule has 0 saturated heterocycles. The summed E-state index contributed by atoms with van der Waals surface area (Å²) in [6.07, 6.45) is 0. The van der Waals surface area contributed by atoms with Gasteiger partial charge in [0, 0.05) is 17.8 Å². The van der Waals surface area contributed by atoms with Crippen LogP contribution in [0.4, 0.5) is 10.1 Å². The quantitative estimate of drug-likeness (QED) is 0.861. The zero-order chi connectivity index (χ0) is 15.4. The van der Waals surface area contributed by atoms with Crippen molar-refractivity contribution in [3.05, 3.63) is 63.9 Å². The lowest BCUT2D eigenvalue weighted by atomic mass is 10.1. The van der Waals surface area contributed by atoms with E-state index in [2.05, 4.69) is 10.1 Å². The number of aryl methyl sites for hydroxylation is 1. The van der Waals surface area contributed by atoms with Crippen LogP contribution in [0.3, 0.4) is 0 Å². The topological polar surface area (TPSA) is 38.3 Å². The molecule has 2 aromatic rings. The fourth-order valence-corrected chi connectivity index (χ4v) is 2.13. The summed E-state index contributed by atoms with van der Waals surface area (Å²) in [4.78, 5) is 11.6. The molecule has 0 aliphatic rings. The lowest BCUT2D eigenvalue weighted by Gasteiger charge is -2.10. The van der Waals surface area contributed by atoms with E-state index in [9.17, 15) is 9.18 Å². The molecule has 0 spiro atoms. The summed E-state index contributed by atoms with van der Waals surface area (Å²) in [5.74, 6) is -0.777. The van der Waals surface area contributed by atoms with E-state index in [1.54, 1.807) is 30.3 Å². The molecule has 0 unspecified atom stereocenters. The highest BCUT2D eigenvalue weighted by Crippen LogP contribution is 2.22. The first-order valence-corrected chi connectivity index (χ1v) is 6.76. The number of halogens is 2. The number of carbonyl (C=O) groups is 1. The van der Waals surface area contributed by atoms with Gasteiger partial charge in [-0.1, -0.05) is 29.3 Å². The van der Waals surface area contributed by atoms with Crippen molar-refractivity contribution in [1.82, 2.24) is 0 Å². The van der Waals surface area contributed by atoms with Gasteiger partial charge < -0.3 is 10.1 Å². The summed E-state index contributed by atoms with van der Waals surface area (Å²) in [6, 6.07) is 9.84. The number of rotatable bonds is 4. The number of esters is 1. The van der Waals surface area contributed by atoms with E-state index in [1.165, 1.54) is 13.2 Å². The van der Waals surface area contributed by atoms with Crippen LogP contribution >= 0.6 is 11.6 Å². The molecule has 2 aromatic carbocycles. The molecule has 0 aromatic heterocycles. The van der Waals surface area contributed by atoms with Crippen molar-refractivity contribution in [3.8, 4) is 0 Å². The van der Waals surface area contributed by atoms with Gasteiger partial charge in [-0.3, -0.25) is 0 Å². The minimum Gasteiger partial charge on any atom is -0.465 e. The van der Waals surface area contributed by atoms with Crippen LogP contribution in [0.5, 0.6) is 0 Å². The molecule has 0 heterocycles. The van der Waals surface area contributed by atoms with Crippen LogP contribution < -0.4 is 5.32 Å². The Labute approximate surface area is 127 Å². The molecule has 0 amide bonds. The minimum absolute atomic E-state index is 0.268. The monoisotopic (exact) mass is 307 g/mol. The third-order valence-corrected chi connectivity index (χ3v) is 3.39. The van der Waals surface area contributed by atoms with E-state index in [4.69, 9.17) is 11.6 Å². The maximum Gasteiger partial charge on any atom is 0.339 e. The minimum atomic E-state index is -0.509. The lowest BCUT2D eigenvalue weighted by Crippen LogP contribution is -2.06. The van der Waals surface area contributed by atoms with Gasteiger partial charge in [-0.05, 0) is 31.2 Å². The molecular weight excluding hydrogens is 293 g/mol. The molecule has 21 heavy (non-hydrogen) atoms. The zero-order valence-electron chi connectivity index (χ0n) is 11.7. The fraction of sp³-hybridized carbons (Fsp3) is 0.188. The predicted octanol–water partition coefficient (Wildman–Crippen LogP) is 4.19. The Morgan fingerprint density at radius 1 is 1.29 bits per heavy atom. The summed E-state index contributed by atoms with van der Waals surface area (Å²) in [7, 11) is 1.29. The van der Waals surface area contributed by atoms with Gasteiger partial charge in [0.25, 0.3) is 0 Å². The van der Waals surface area contributed by atoms with Crippen LogP contribution in [0.25, 0.3) is 0 Å². The molecule has 0 fully saturated rings. The average molecular weight is 308 g/mol. The van der Waals surface area contributed by atoms with Crippen LogP contribution in [0, 0.1) is 12.7 Å². The van der Waals surface area contributed by atoms with Crippen molar-refractivity contribution in [3.63, 3.8) is 0 Å². The van der Waals surface area contributed by atoms with Crippen LogP contribution in [0.15, 0.2) is 36.4 Å². The second-order valence-electron chi connectivity index (χ2n) is 4.63. The normalized spacial score (nSPS) is 10.3. The second-order valence-corrected chi connectivity index (χ2v) is 5.04. The Morgan fingerprint density at radius 3 is 2.76 bits per heavy atom. The van der Waals surface area contributed by atoms with Crippen LogP contribution in [0.1, 0.15) is 21.5 Å². The van der Waals surface area contributed by atoms with Crippen LogP contribution in [-0.4, -0.2) is 13.1 Å². The van der Waals surface area contributed by atoms with Crippen LogP contribution in [0.2, 0.25) is 5.02 Å². The predicted molar refractivity (Wildman–Crippen MR) is 81.3 cm³/mol. The average Bonchev–Trinajstić information content (AvgIpc) is 2.48. The number of hydrogen-bond donors (Lipinski definition) is 1. The number of methoxy groups -OCH3 is 1. The van der Waals surface area contributed by atoms with E-state index < -0.39 is 5.97 Å². The van der Waals surface area contributed by atoms with E-state index >= 15 is 0 Å². The third-order valence-electron chi connectivity index (χ3n) is 3.06. The van der Waals surface area contributed by atoms with Gasteiger partial charge in [0.1, 0.15) is 5.82 Å². The molecule has 0 aliphatic carbocycles. The first-order valence-electron chi connectivity index (χ1n) is 6.38. The molecule has 0 bridgehead atoms. The van der Waals surface area contributed by atoms with Crippen molar-refractivity contribution >= 4 is 23.3 Å². The molecule has 0 saturated carbocycles. The standard InChI is InChI=1S/C16H15ClFNO2/c1-10-3-6-15(18)11(7-10)9-19-12-4-5-14(17)13(8-12)16(20)21-2/h3-8,19H,9H2,1-2H3. The number of nitrogens with one attached hydrogen (secondary N) is 1. The molecule has 3 nitrogen and oxygen atoms in total. The smallest absolute Gasteiger partial charge is 0.339 e. The van der Waals surface area contributed by atoms with E-state index in [1.807, 2.05) is 6.92 Å². The summed E-state index contributed by atoms with van der Waals surface area (Å²) in [6.45, 7) is 2.22. The van der Waals surface area contributed by atoms with Crippen LogP contribution in [-0.2, 0) is 11.3 Å². The molecule has 0 atom stereocenters. The Morgan fingerprint density at radius 2 is 2.05 bits per heavy atom. The Bertz CT molecular complexity index is 673. The van der Waals surface area contributed by atoms with Gasteiger partial charge in [0.05, 0.1) is 17.7 Å². The molecule has 0 radical (unpaired) electrons. The van der Waals surface area contributed by atoms with Gasteiger partial charge in [-0.15, -0.1) is 0 Å². The van der Waals surface area contributed by atoms with E-state index in [0.29, 0.717) is 22.8 Å². The van der Waals surface area contributed by atoms with Gasteiger partial charge in [-0.2, -0.15) is 0 Å². The number of carbonyl (C=O) groups excluding carboxylic acids is 1. The van der Waals surface area contributed by atoms with Gasteiger partial charge >= 0.3 is 5.97 Å². The first kappa shape index (κ1) is 15.3. The molecule has 0 aliphatic heterocycles. The van der Waals surface area contributed by atoms with Crippen molar-refractivity contribution < 1.29 is 13.9 Å². The van der Waals surface area contributed by atoms with Crippen molar-refractivity contribution in [2.45, 2.75) is 13.5 Å². The Balaban J connectivity index is 2.17. The molecule has 2 rings (SSSR count). The molecular formula is C16H15ClFNO2. The van der Waals surface area contributed by atoms with Gasteiger partial charge in [0.15, 0.2) is 0 Å². The summed E-state index contributed by atoms with van der Waals surface area (Å²) < 4.78 is 18.3. The van der Waals surface area contributed by atoms with E-state index in [-0.39, 0.29) is 11.4 Å². The Hall–Kier alpha value is -2.07. The van der Waals surface area contributed by atoms with Gasteiger partial charge in [0.2, 0.25) is 0 Å². The number of anilines is 1. The highest BCUT2D eigenvalue weighted by atomic mass is 35.5.